The Bertz CT molecular complexity index is 677. The number of likely N-dealkylation sites (tertiary alicyclic amines) is 1. The van der Waals surface area contributed by atoms with E-state index in [1.807, 2.05) is 26.8 Å². The first-order valence-electron chi connectivity index (χ1n) is 8.11. The topological polar surface area (TPSA) is 66.5 Å². The number of nitrogens with one attached hydrogen (secondary N) is 1. The second-order valence-electron chi connectivity index (χ2n) is 6.64. The highest BCUT2D eigenvalue weighted by atomic mass is 32.2. The Kier molecular flexibility index (Phi) is 5.47. The van der Waals surface area contributed by atoms with E-state index >= 15 is 0 Å². The van der Waals surface area contributed by atoms with Crippen LogP contribution in [0.25, 0.3) is 0 Å². The quantitative estimate of drug-likeness (QED) is 0.895. The molecule has 6 heteroatoms. The Morgan fingerprint density at radius 1 is 1.17 bits per heavy atom. The molecule has 2 rings (SSSR count). The fraction of sp³-hybridized carbons (Fsp3) is 0.588. The zero-order valence-electron chi connectivity index (χ0n) is 14.3. The molecule has 0 spiro atoms. The van der Waals surface area contributed by atoms with E-state index in [9.17, 15) is 13.2 Å². The fourth-order valence-corrected chi connectivity index (χ4v) is 4.50. The van der Waals surface area contributed by atoms with Gasteiger partial charge in [-0.15, -0.1) is 0 Å². The number of aryl methyl sites for hydroxylation is 2. The van der Waals surface area contributed by atoms with Gasteiger partial charge in [0.05, 0.1) is 4.90 Å². The van der Waals surface area contributed by atoms with Crippen LogP contribution in [-0.2, 0) is 14.8 Å². The fourth-order valence-electron chi connectivity index (χ4n) is 2.94. The number of benzene rings is 1. The van der Waals surface area contributed by atoms with Crippen LogP contribution in [0.1, 0.15) is 37.8 Å². The molecule has 1 aliphatic heterocycles. The summed E-state index contributed by atoms with van der Waals surface area (Å²) in [6.07, 6.45) is 1.97. The molecule has 1 aliphatic rings. The molecule has 0 unspecified atom stereocenters. The van der Waals surface area contributed by atoms with Crippen molar-refractivity contribution in [3.05, 3.63) is 29.3 Å². The van der Waals surface area contributed by atoms with Crippen molar-refractivity contribution in [2.75, 3.05) is 13.1 Å². The largest absolute Gasteiger partial charge is 0.341 e. The lowest BCUT2D eigenvalue weighted by molar-refractivity contribution is -0.132. The number of hydrogen-bond donors (Lipinski definition) is 1. The van der Waals surface area contributed by atoms with Crippen LogP contribution in [0.4, 0.5) is 0 Å². The molecule has 1 atom stereocenters. The van der Waals surface area contributed by atoms with Crippen LogP contribution in [0, 0.1) is 19.8 Å². The molecule has 1 saturated heterocycles. The molecule has 0 bridgehead atoms. The molecular weight excluding hydrogens is 312 g/mol. The summed E-state index contributed by atoms with van der Waals surface area (Å²) in [6.45, 7) is 8.85. The van der Waals surface area contributed by atoms with E-state index in [2.05, 4.69) is 4.72 Å². The number of nitrogens with zero attached hydrogens (tertiary/aromatic N) is 1. The van der Waals surface area contributed by atoms with E-state index in [1.54, 1.807) is 24.0 Å². The lowest BCUT2D eigenvalue weighted by Crippen LogP contribution is -2.50. The Balaban J connectivity index is 2.26. The van der Waals surface area contributed by atoms with Gasteiger partial charge in [0.15, 0.2) is 0 Å². The van der Waals surface area contributed by atoms with Crippen LogP contribution in [0.5, 0.6) is 0 Å². The maximum atomic E-state index is 12.7. The van der Waals surface area contributed by atoms with Crippen LogP contribution in [-0.4, -0.2) is 38.4 Å². The number of carbonyl (C=O) groups is 1. The number of rotatable bonds is 5. The first kappa shape index (κ1) is 17.9. The molecule has 0 aliphatic carbocycles. The molecular formula is C17H26N2O3S. The second-order valence-corrected chi connectivity index (χ2v) is 8.33. The lowest BCUT2D eigenvalue weighted by atomic mass is 10.0. The van der Waals surface area contributed by atoms with Crippen LogP contribution in [0.2, 0.25) is 0 Å². The minimum Gasteiger partial charge on any atom is -0.341 e. The van der Waals surface area contributed by atoms with Gasteiger partial charge in [-0.3, -0.25) is 4.79 Å². The molecule has 23 heavy (non-hydrogen) atoms. The van der Waals surface area contributed by atoms with Gasteiger partial charge >= 0.3 is 0 Å². The van der Waals surface area contributed by atoms with Gasteiger partial charge in [0.25, 0.3) is 0 Å². The highest BCUT2D eigenvalue weighted by Gasteiger charge is 2.33. The van der Waals surface area contributed by atoms with Gasteiger partial charge in [-0.05, 0) is 44.2 Å². The summed E-state index contributed by atoms with van der Waals surface area (Å²) in [4.78, 5) is 14.6. The van der Waals surface area contributed by atoms with E-state index in [1.165, 1.54) is 0 Å². The van der Waals surface area contributed by atoms with E-state index in [4.69, 9.17) is 0 Å². The third kappa shape index (κ3) is 4.12. The number of hydrogen-bond acceptors (Lipinski definition) is 3. The average molecular weight is 338 g/mol. The van der Waals surface area contributed by atoms with Crippen LogP contribution >= 0.6 is 0 Å². The standard InChI is InChI=1S/C17H26N2O3S/c1-12(2)16(17(20)19-9-5-6-10-19)18-23(21,22)15-8-7-13(3)11-14(15)4/h7-8,11-12,16,18H,5-6,9-10H2,1-4H3/t16-/m1/s1. The maximum Gasteiger partial charge on any atom is 0.241 e. The number of amides is 1. The molecule has 1 aromatic carbocycles. The SMILES string of the molecule is Cc1ccc(S(=O)(=O)N[C@@H](C(=O)N2CCCC2)C(C)C)c(C)c1. The zero-order chi connectivity index (χ0) is 17.2. The summed E-state index contributed by atoms with van der Waals surface area (Å²) in [5, 5.41) is 0. The monoisotopic (exact) mass is 338 g/mol. The normalized spacial score (nSPS) is 16.8. The Morgan fingerprint density at radius 3 is 2.30 bits per heavy atom. The van der Waals surface area contributed by atoms with Crippen LogP contribution < -0.4 is 4.72 Å². The summed E-state index contributed by atoms with van der Waals surface area (Å²) in [5.74, 6) is -0.227. The predicted octanol–water partition coefficient (Wildman–Crippen LogP) is 2.23. The van der Waals surface area contributed by atoms with Gasteiger partial charge in [0.2, 0.25) is 15.9 Å². The van der Waals surface area contributed by atoms with Crippen molar-refractivity contribution in [2.45, 2.75) is 51.5 Å². The minimum atomic E-state index is -3.72. The van der Waals surface area contributed by atoms with Crippen molar-refractivity contribution in [1.29, 1.82) is 0 Å². The zero-order valence-corrected chi connectivity index (χ0v) is 15.1. The van der Waals surface area contributed by atoms with Crippen molar-refractivity contribution in [1.82, 2.24) is 9.62 Å². The molecule has 5 nitrogen and oxygen atoms in total. The highest BCUT2D eigenvalue weighted by molar-refractivity contribution is 7.89. The molecule has 0 aromatic heterocycles. The van der Waals surface area contributed by atoms with Gasteiger partial charge in [0, 0.05) is 13.1 Å². The van der Waals surface area contributed by atoms with Gasteiger partial charge in [-0.2, -0.15) is 4.72 Å². The van der Waals surface area contributed by atoms with Crippen molar-refractivity contribution in [3.8, 4) is 0 Å². The van der Waals surface area contributed by atoms with Crippen LogP contribution in [0.3, 0.4) is 0 Å². The summed E-state index contributed by atoms with van der Waals surface area (Å²) in [7, 11) is -3.72. The smallest absolute Gasteiger partial charge is 0.241 e. The molecule has 1 aromatic rings. The Hall–Kier alpha value is -1.40. The van der Waals surface area contributed by atoms with Crippen molar-refractivity contribution < 1.29 is 13.2 Å². The summed E-state index contributed by atoms with van der Waals surface area (Å²) in [6, 6.07) is 4.49. The van der Waals surface area contributed by atoms with Crippen molar-refractivity contribution in [2.24, 2.45) is 5.92 Å². The first-order chi connectivity index (χ1) is 10.7. The second kappa shape index (κ2) is 7.01. The predicted molar refractivity (Wildman–Crippen MR) is 90.7 cm³/mol. The van der Waals surface area contributed by atoms with Gasteiger partial charge in [-0.1, -0.05) is 31.5 Å². The molecule has 0 radical (unpaired) electrons. The molecule has 0 saturated carbocycles. The van der Waals surface area contributed by atoms with E-state index in [0.29, 0.717) is 18.7 Å². The summed E-state index contributed by atoms with van der Waals surface area (Å²) < 4.78 is 28.1. The summed E-state index contributed by atoms with van der Waals surface area (Å²) >= 11 is 0. The van der Waals surface area contributed by atoms with E-state index in [-0.39, 0.29) is 16.7 Å². The Morgan fingerprint density at radius 2 is 1.78 bits per heavy atom. The van der Waals surface area contributed by atoms with E-state index < -0.39 is 16.1 Å². The molecule has 1 fully saturated rings. The van der Waals surface area contributed by atoms with E-state index in [0.717, 1.165) is 18.4 Å². The van der Waals surface area contributed by atoms with Gasteiger partial charge in [-0.25, -0.2) is 8.42 Å². The minimum absolute atomic E-state index is 0.108. The maximum absolute atomic E-state index is 12.7. The lowest BCUT2D eigenvalue weighted by Gasteiger charge is -2.26. The van der Waals surface area contributed by atoms with Gasteiger partial charge < -0.3 is 4.90 Å². The molecule has 128 valence electrons. The first-order valence-corrected chi connectivity index (χ1v) is 9.59. The Labute approximate surface area is 139 Å². The highest BCUT2D eigenvalue weighted by Crippen LogP contribution is 2.19. The van der Waals surface area contributed by atoms with Crippen LogP contribution in [0.15, 0.2) is 23.1 Å². The third-order valence-electron chi connectivity index (χ3n) is 4.25. The number of sulfonamides is 1. The molecule has 1 N–H and O–H groups in total. The number of carbonyl (C=O) groups excluding carboxylic acids is 1. The molecule has 1 amide bonds. The van der Waals surface area contributed by atoms with Gasteiger partial charge in [0.1, 0.15) is 6.04 Å². The van der Waals surface area contributed by atoms with Crippen molar-refractivity contribution in [3.63, 3.8) is 0 Å². The average Bonchev–Trinajstić information content (AvgIpc) is 2.97. The van der Waals surface area contributed by atoms with Crippen molar-refractivity contribution >= 4 is 15.9 Å². The third-order valence-corrected chi connectivity index (χ3v) is 5.85. The summed E-state index contributed by atoms with van der Waals surface area (Å²) in [5.41, 5.74) is 1.70. The molecule has 1 heterocycles.